The van der Waals surface area contributed by atoms with Gasteiger partial charge in [-0.15, -0.1) is 0 Å². The Morgan fingerprint density at radius 2 is 1.08 bits per heavy atom. The minimum atomic E-state index is -0.129. The molecular formula is C56H39N3O. The van der Waals surface area contributed by atoms with Crippen LogP contribution < -0.4 is 0 Å². The fourth-order valence-electron chi connectivity index (χ4n) is 9.87. The number of aryl methyl sites for hydroxylation is 1. The molecule has 0 fully saturated rings. The summed E-state index contributed by atoms with van der Waals surface area (Å²) in [5.41, 5.74) is 14.7. The molecule has 0 atom stereocenters. The monoisotopic (exact) mass is 769 g/mol. The van der Waals surface area contributed by atoms with Crippen molar-refractivity contribution in [2.45, 2.75) is 32.1 Å². The summed E-state index contributed by atoms with van der Waals surface area (Å²) in [6.07, 6.45) is 4.17. The van der Waals surface area contributed by atoms with E-state index in [1.165, 1.54) is 66.1 Å². The normalized spacial score (nSPS) is 13.9. The molecule has 8 aromatic carbocycles. The molecule has 2 aromatic heterocycles. The van der Waals surface area contributed by atoms with Gasteiger partial charge in [0, 0.05) is 39.5 Å². The molecule has 0 spiro atoms. The summed E-state index contributed by atoms with van der Waals surface area (Å²) in [4.78, 5) is 15.5. The van der Waals surface area contributed by atoms with Crippen LogP contribution in [0.2, 0.25) is 0 Å². The fraction of sp³-hybridized carbons (Fsp3) is 0.0893. The van der Waals surface area contributed by atoms with E-state index in [2.05, 4.69) is 172 Å². The zero-order valence-corrected chi connectivity index (χ0v) is 33.4. The second-order valence-corrected chi connectivity index (χ2v) is 16.6. The van der Waals surface area contributed by atoms with Gasteiger partial charge in [0.15, 0.2) is 17.5 Å². The summed E-state index contributed by atoms with van der Waals surface area (Å²) < 4.78 is 6.59. The van der Waals surface area contributed by atoms with Gasteiger partial charge in [-0.2, -0.15) is 0 Å². The Bertz CT molecular complexity index is 3390. The molecule has 2 aliphatic rings. The summed E-state index contributed by atoms with van der Waals surface area (Å²) in [6, 6.07) is 60.7. The Morgan fingerprint density at radius 1 is 0.450 bits per heavy atom. The topological polar surface area (TPSA) is 51.8 Å². The molecule has 0 unspecified atom stereocenters. The average Bonchev–Trinajstić information content (AvgIpc) is 3.80. The quantitative estimate of drug-likeness (QED) is 0.164. The lowest BCUT2D eigenvalue weighted by Gasteiger charge is -2.21. The van der Waals surface area contributed by atoms with Crippen molar-refractivity contribution < 1.29 is 4.42 Å². The van der Waals surface area contributed by atoms with E-state index in [4.69, 9.17) is 19.4 Å². The number of nitrogens with zero attached hydrogens (tertiary/aromatic N) is 3. The van der Waals surface area contributed by atoms with Crippen molar-refractivity contribution in [1.29, 1.82) is 0 Å². The van der Waals surface area contributed by atoms with Crippen LogP contribution in [0.25, 0.3) is 94.5 Å². The molecule has 0 N–H and O–H groups in total. The van der Waals surface area contributed by atoms with Gasteiger partial charge >= 0.3 is 0 Å². The molecule has 2 aliphatic carbocycles. The van der Waals surface area contributed by atoms with Gasteiger partial charge in [0.2, 0.25) is 0 Å². The highest BCUT2D eigenvalue weighted by Crippen LogP contribution is 2.52. The third-order valence-electron chi connectivity index (χ3n) is 12.8. The largest absolute Gasteiger partial charge is 0.460 e. The van der Waals surface area contributed by atoms with Crippen LogP contribution in [0.15, 0.2) is 180 Å². The third kappa shape index (κ3) is 5.34. The van der Waals surface area contributed by atoms with Crippen LogP contribution in [0, 0.1) is 0 Å². The van der Waals surface area contributed by atoms with Crippen LogP contribution in [0.4, 0.5) is 0 Å². The molecule has 4 heteroatoms. The van der Waals surface area contributed by atoms with Crippen molar-refractivity contribution in [1.82, 2.24) is 15.0 Å². The highest BCUT2D eigenvalue weighted by atomic mass is 16.3. The maximum Gasteiger partial charge on any atom is 0.164 e. The smallest absolute Gasteiger partial charge is 0.164 e. The predicted molar refractivity (Wildman–Crippen MR) is 246 cm³/mol. The van der Waals surface area contributed by atoms with Gasteiger partial charge in [0.25, 0.3) is 0 Å². The van der Waals surface area contributed by atoms with Crippen LogP contribution >= 0.6 is 0 Å². The molecule has 0 bridgehead atoms. The molecule has 12 rings (SSSR count). The molecule has 0 radical (unpaired) electrons. The number of allylic oxidation sites excluding steroid dienone is 1. The number of furan rings is 1. The van der Waals surface area contributed by atoms with Crippen LogP contribution in [0.3, 0.4) is 0 Å². The summed E-state index contributed by atoms with van der Waals surface area (Å²) >= 11 is 0. The fourth-order valence-corrected chi connectivity index (χ4v) is 9.87. The second-order valence-electron chi connectivity index (χ2n) is 16.6. The van der Waals surface area contributed by atoms with Gasteiger partial charge in [0.1, 0.15) is 11.3 Å². The van der Waals surface area contributed by atoms with E-state index < -0.39 is 0 Å². The summed E-state index contributed by atoms with van der Waals surface area (Å²) in [7, 11) is 0. The first-order valence-corrected chi connectivity index (χ1v) is 20.8. The number of rotatable bonds is 5. The number of benzene rings is 8. The highest BCUT2D eigenvalue weighted by Gasteiger charge is 2.37. The number of aromatic nitrogens is 3. The summed E-state index contributed by atoms with van der Waals surface area (Å²) in [5.74, 6) is 3.02. The molecular weight excluding hydrogens is 731 g/mol. The maximum atomic E-state index is 6.59. The predicted octanol–water partition coefficient (Wildman–Crippen LogP) is 14.3. The average molecular weight is 770 g/mol. The standard InChI is InChI=1S/C56H39N3O/c1-56(2)47-23-11-10-20-43(47)51-44(22-12-24-48(51)56)55-58-53(35-14-4-3-5-15-35)57-54(59-55)36-28-26-34(27-29-36)40-21-13-25-50-52(40)46-33-38(30-31-49(46)60-50)45-32-37-16-6-7-17-39(37)41-18-8-9-19-42(41)45/h3-12,14-24,26-33H,13,25H2,1-2H3. The van der Waals surface area contributed by atoms with E-state index in [9.17, 15) is 0 Å². The minimum absolute atomic E-state index is 0.129. The Labute approximate surface area is 348 Å². The highest BCUT2D eigenvalue weighted by molar-refractivity contribution is 6.14. The molecule has 60 heavy (non-hydrogen) atoms. The molecule has 0 amide bonds. The van der Waals surface area contributed by atoms with Crippen molar-refractivity contribution >= 4 is 38.1 Å². The maximum absolute atomic E-state index is 6.59. The van der Waals surface area contributed by atoms with Crippen LogP contribution in [-0.4, -0.2) is 15.0 Å². The van der Waals surface area contributed by atoms with E-state index >= 15 is 0 Å². The van der Waals surface area contributed by atoms with E-state index in [-0.39, 0.29) is 5.41 Å². The molecule has 4 nitrogen and oxygen atoms in total. The lowest BCUT2D eigenvalue weighted by Crippen LogP contribution is -2.14. The van der Waals surface area contributed by atoms with Crippen molar-refractivity contribution in [2.75, 3.05) is 0 Å². The number of fused-ring (bicyclic) bond motifs is 9. The van der Waals surface area contributed by atoms with Crippen LogP contribution in [0.1, 0.15) is 48.3 Å². The van der Waals surface area contributed by atoms with Crippen molar-refractivity contribution in [3.8, 4) is 56.4 Å². The van der Waals surface area contributed by atoms with E-state index in [1.54, 1.807) is 0 Å². The SMILES string of the molecule is CC1(C)c2ccccc2-c2c(-c3nc(-c4ccccc4)nc(-c4ccc(C5=CCCc6oc7ccc(-c8cc9ccccc9c9ccccc89)cc7c65)cc4)n3)cccc21. The number of hydrogen-bond donors (Lipinski definition) is 0. The van der Waals surface area contributed by atoms with Crippen LogP contribution in [-0.2, 0) is 11.8 Å². The van der Waals surface area contributed by atoms with E-state index in [0.29, 0.717) is 17.5 Å². The van der Waals surface area contributed by atoms with Gasteiger partial charge in [-0.3, -0.25) is 0 Å². The van der Waals surface area contributed by atoms with Crippen LogP contribution in [0.5, 0.6) is 0 Å². The first kappa shape index (κ1) is 34.6. The first-order chi connectivity index (χ1) is 29.5. The Balaban J connectivity index is 0.959. The van der Waals surface area contributed by atoms with E-state index in [1.807, 2.05) is 18.2 Å². The zero-order valence-electron chi connectivity index (χ0n) is 33.4. The minimum Gasteiger partial charge on any atom is -0.460 e. The summed E-state index contributed by atoms with van der Waals surface area (Å²) in [5, 5.41) is 6.18. The van der Waals surface area contributed by atoms with E-state index in [0.717, 1.165) is 51.8 Å². The van der Waals surface area contributed by atoms with Crippen molar-refractivity contribution in [3.63, 3.8) is 0 Å². The molecule has 0 saturated heterocycles. The van der Waals surface area contributed by atoms with Gasteiger partial charge < -0.3 is 4.42 Å². The molecule has 2 heterocycles. The van der Waals surface area contributed by atoms with Gasteiger partial charge in [0.05, 0.1) is 0 Å². The lowest BCUT2D eigenvalue weighted by molar-refractivity contribution is 0.545. The van der Waals surface area contributed by atoms with Crippen molar-refractivity contribution in [3.05, 3.63) is 204 Å². The van der Waals surface area contributed by atoms with Gasteiger partial charge in [-0.1, -0.05) is 172 Å². The van der Waals surface area contributed by atoms with Crippen molar-refractivity contribution in [2.24, 2.45) is 0 Å². The molecule has 0 saturated carbocycles. The first-order valence-electron chi connectivity index (χ1n) is 20.8. The second kappa shape index (κ2) is 13.3. The zero-order chi connectivity index (χ0) is 40.0. The Kier molecular flexibility index (Phi) is 7.67. The Morgan fingerprint density at radius 3 is 1.92 bits per heavy atom. The molecule has 10 aromatic rings. The number of hydrogen-bond acceptors (Lipinski definition) is 4. The lowest BCUT2D eigenvalue weighted by atomic mass is 9.82. The van der Waals surface area contributed by atoms with Gasteiger partial charge in [-0.25, -0.2) is 15.0 Å². The molecule has 0 aliphatic heterocycles. The summed E-state index contributed by atoms with van der Waals surface area (Å²) in [6.45, 7) is 4.61. The molecule has 284 valence electrons. The third-order valence-corrected chi connectivity index (χ3v) is 12.8. The Hall–Kier alpha value is -7.43. The van der Waals surface area contributed by atoms with Gasteiger partial charge in [-0.05, 0) is 90.7 Å².